The van der Waals surface area contributed by atoms with Crippen LogP contribution in [-0.4, -0.2) is 62.1 Å². The zero-order valence-corrected chi connectivity index (χ0v) is 26.2. The molecule has 0 fully saturated rings. The number of benzene rings is 3. The number of Topliss-reactive ketones (excluding diaryl/α,β-unsaturated/α-hetero) is 1. The summed E-state index contributed by atoms with van der Waals surface area (Å²) in [6.07, 6.45) is -4.93. The number of nitrogens with zero attached hydrogens (tertiary/aromatic N) is 2. The summed E-state index contributed by atoms with van der Waals surface area (Å²) in [6.45, 7) is 0.337. The zero-order valence-electron chi connectivity index (χ0n) is 25.4. The van der Waals surface area contributed by atoms with Crippen LogP contribution in [0.5, 0.6) is 11.5 Å². The topological polar surface area (TPSA) is 147 Å². The van der Waals surface area contributed by atoms with E-state index in [0.717, 1.165) is 16.4 Å². The molecule has 1 amide bonds. The normalized spacial score (nSPS) is 11.7. The molecular formula is C32H30F3N3O8S. The van der Waals surface area contributed by atoms with Gasteiger partial charge < -0.3 is 24.5 Å². The van der Waals surface area contributed by atoms with E-state index < -0.39 is 46.3 Å². The van der Waals surface area contributed by atoms with Gasteiger partial charge in [-0.3, -0.25) is 9.59 Å². The number of nitrogens with two attached hydrogens (primary N) is 1. The molecule has 0 aliphatic heterocycles. The van der Waals surface area contributed by atoms with Crippen LogP contribution in [0.1, 0.15) is 48.0 Å². The van der Waals surface area contributed by atoms with Gasteiger partial charge in [-0.2, -0.15) is 4.31 Å². The fourth-order valence-electron chi connectivity index (χ4n) is 4.78. The van der Waals surface area contributed by atoms with Crippen LogP contribution in [0.25, 0.3) is 0 Å². The lowest BCUT2D eigenvalue weighted by molar-refractivity contribution is -0.274. The highest BCUT2D eigenvalue weighted by molar-refractivity contribution is 7.89. The Labute approximate surface area is 268 Å². The monoisotopic (exact) mass is 673 g/mol. The van der Waals surface area contributed by atoms with Crippen molar-refractivity contribution in [1.82, 2.24) is 8.87 Å². The Morgan fingerprint density at radius 1 is 0.894 bits per heavy atom. The van der Waals surface area contributed by atoms with Gasteiger partial charge >= 0.3 is 12.3 Å². The van der Waals surface area contributed by atoms with Crippen LogP contribution in [0, 0.1) is 6.92 Å². The standard InChI is InChI=1S/C32H30F3N3O8S/c1-20-27(30(36)40)16-28(38(20)18-22-5-4-6-25(15-22)46-32(33,34)35)29(39)19-37(17-21-7-9-23(10-8-21)31(41)45-3)47(42,43)26-13-11-24(44-2)12-14-26/h4-16H,17-19H2,1-3H3,(H2,36,40). The van der Waals surface area contributed by atoms with Crippen molar-refractivity contribution in [2.75, 3.05) is 20.8 Å². The first-order valence-corrected chi connectivity index (χ1v) is 15.3. The maximum atomic E-state index is 13.9. The molecule has 0 aliphatic carbocycles. The number of hydrogen-bond acceptors (Lipinski definition) is 8. The minimum absolute atomic E-state index is 0.0287. The fourth-order valence-corrected chi connectivity index (χ4v) is 6.17. The zero-order chi connectivity index (χ0) is 34.5. The van der Waals surface area contributed by atoms with Crippen LogP contribution >= 0.6 is 0 Å². The molecule has 0 saturated carbocycles. The summed E-state index contributed by atoms with van der Waals surface area (Å²) >= 11 is 0. The van der Waals surface area contributed by atoms with Crippen molar-refractivity contribution >= 4 is 27.7 Å². The number of methoxy groups -OCH3 is 2. The number of amides is 1. The minimum Gasteiger partial charge on any atom is -0.497 e. The lowest BCUT2D eigenvalue weighted by atomic mass is 10.1. The van der Waals surface area contributed by atoms with E-state index in [1.807, 2.05) is 0 Å². The number of halogens is 3. The number of hydrogen-bond donors (Lipinski definition) is 1. The Morgan fingerprint density at radius 2 is 1.55 bits per heavy atom. The number of esters is 1. The van der Waals surface area contributed by atoms with Gasteiger partial charge in [0.25, 0.3) is 5.91 Å². The Hall–Kier alpha value is -5.15. The van der Waals surface area contributed by atoms with Crippen molar-refractivity contribution in [3.05, 3.63) is 113 Å². The molecule has 2 N–H and O–H groups in total. The molecule has 11 nitrogen and oxygen atoms in total. The first kappa shape index (κ1) is 34.7. The minimum atomic E-state index is -4.93. The Bertz CT molecular complexity index is 1890. The molecule has 0 aliphatic rings. The van der Waals surface area contributed by atoms with Gasteiger partial charge in [-0.15, -0.1) is 13.2 Å². The highest BCUT2D eigenvalue weighted by Crippen LogP contribution is 2.27. The SMILES string of the molecule is COC(=O)c1ccc(CN(CC(=O)c2cc(C(N)=O)c(C)n2Cc2cccc(OC(F)(F)F)c2)S(=O)(=O)c2ccc(OC)cc2)cc1. The van der Waals surface area contributed by atoms with E-state index >= 15 is 0 Å². The number of alkyl halides is 3. The molecule has 0 radical (unpaired) electrons. The summed E-state index contributed by atoms with van der Waals surface area (Å²) in [5.74, 6) is -2.27. The van der Waals surface area contributed by atoms with Gasteiger partial charge in [0, 0.05) is 18.8 Å². The molecule has 15 heteroatoms. The largest absolute Gasteiger partial charge is 0.573 e. The maximum absolute atomic E-state index is 13.9. The van der Waals surface area contributed by atoms with E-state index in [0.29, 0.717) is 16.9 Å². The third kappa shape index (κ3) is 8.37. The number of carbonyl (C=O) groups is 3. The molecule has 0 spiro atoms. The number of ketones is 1. The molecule has 1 aromatic heterocycles. The first-order chi connectivity index (χ1) is 22.1. The second-order valence-corrected chi connectivity index (χ2v) is 12.2. The third-order valence-electron chi connectivity index (χ3n) is 7.14. The smallest absolute Gasteiger partial charge is 0.497 e. The summed E-state index contributed by atoms with van der Waals surface area (Å²) in [6, 6.07) is 17.8. The van der Waals surface area contributed by atoms with Gasteiger partial charge in [0.05, 0.1) is 42.5 Å². The van der Waals surface area contributed by atoms with Gasteiger partial charge in [0.1, 0.15) is 11.5 Å². The van der Waals surface area contributed by atoms with E-state index in [2.05, 4.69) is 4.74 Å². The van der Waals surface area contributed by atoms with Gasteiger partial charge in [0.2, 0.25) is 10.0 Å². The first-order valence-electron chi connectivity index (χ1n) is 13.8. The molecule has 47 heavy (non-hydrogen) atoms. The maximum Gasteiger partial charge on any atom is 0.573 e. The van der Waals surface area contributed by atoms with E-state index in [4.69, 9.17) is 15.2 Å². The van der Waals surface area contributed by atoms with Gasteiger partial charge in [-0.25, -0.2) is 13.2 Å². The third-order valence-corrected chi connectivity index (χ3v) is 8.95. The summed E-state index contributed by atoms with van der Waals surface area (Å²) in [7, 11) is -1.69. The summed E-state index contributed by atoms with van der Waals surface area (Å²) in [4.78, 5) is 37.9. The highest BCUT2D eigenvalue weighted by Gasteiger charge is 2.32. The molecule has 4 rings (SSSR count). The molecular weight excluding hydrogens is 643 g/mol. The van der Waals surface area contributed by atoms with Crippen LogP contribution in [0.3, 0.4) is 0 Å². The van der Waals surface area contributed by atoms with Crippen molar-refractivity contribution in [1.29, 1.82) is 0 Å². The highest BCUT2D eigenvalue weighted by atomic mass is 32.2. The fraction of sp³-hybridized carbons (Fsp3) is 0.219. The number of rotatable bonds is 13. The molecule has 1 heterocycles. The van der Waals surface area contributed by atoms with Crippen molar-refractivity contribution < 1.29 is 50.2 Å². The molecule has 4 aromatic rings. The molecule has 0 atom stereocenters. The van der Waals surface area contributed by atoms with Crippen LogP contribution in [-0.2, 0) is 27.8 Å². The predicted molar refractivity (Wildman–Crippen MR) is 163 cm³/mol. The number of ether oxygens (including phenoxy) is 3. The molecule has 248 valence electrons. The second-order valence-electron chi connectivity index (χ2n) is 10.2. The predicted octanol–water partition coefficient (Wildman–Crippen LogP) is 4.71. The Morgan fingerprint density at radius 3 is 2.13 bits per heavy atom. The van der Waals surface area contributed by atoms with Crippen molar-refractivity contribution in [3.8, 4) is 11.5 Å². The van der Waals surface area contributed by atoms with Gasteiger partial charge in [-0.1, -0.05) is 24.3 Å². The lowest BCUT2D eigenvalue weighted by Gasteiger charge is -2.22. The number of primary amides is 1. The van der Waals surface area contributed by atoms with Crippen LogP contribution in [0.2, 0.25) is 0 Å². The van der Waals surface area contributed by atoms with E-state index in [1.165, 1.54) is 92.4 Å². The summed E-state index contributed by atoms with van der Waals surface area (Å²) < 4.78 is 82.4. The van der Waals surface area contributed by atoms with Crippen LogP contribution in [0.4, 0.5) is 13.2 Å². The number of carbonyl (C=O) groups excluding carboxylic acids is 3. The summed E-state index contributed by atoms with van der Waals surface area (Å²) in [5, 5.41) is 0. The Kier molecular flexibility index (Phi) is 10.4. The second kappa shape index (κ2) is 14.1. The molecule has 3 aromatic carbocycles. The van der Waals surface area contributed by atoms with Crippen molar-refractivity contribution in [3.63, 3.8) is 0 Å². The van der Waals surface area contributed by atoms with Crippen molar-refractivity contribution in [2.45, 2.75) is 31.3 Å². The average Bonchev–Trinajstić information content (AvgIpc) is 3.35. The van der Waals surface area contributed by atoms with E-state index in [1.54, 1.807) is 0 Å². The van der Waals surface area contributed by atoms with Crippen LogP contribution < -0.4 is 15.2 Å². The quantitative estimate of drug-likeness (QED) is 0.159. The van der Waals surface area contributed by atoms with Gasteiger partial charge in [-0.05, 0) is 72.6 Å². The van der Waals surface area contributed by atoms with E-state index in [-0.39, 0.29) is 40.5 Å². The molecule has 0 saturated heterocycles. The van der Waals surface area contributed by atoms with Crippen molar-refractivity contribution in [2.24, 2.45) is 5.73 Å². The van der Waals surface area contributed by atoms with Crippen LogP contribution in [0.15, 0.2) is 83.8 Å². The number of aromatic nitrogens is 1. The van der Waals surface area contributed by atoms with Gasteiger partial charge in [0.15, 0.2) is 5.78 Å². The number of sulfonamides is 1. The average molecular weight is 674 g/mol. The lowest BCUT2D eigenvalue weighted by Crippen LogP contribution is -2.36. The molecule has 0 unspecified atom stereocenters. The molecule has 0 bridgehead atoms. The Balaban J connectivity index is 1.73. The van der Waals surface area contributed by atoms with E-state index in [9.17, 15) is 36.0 Å². The summed E-state index contributed by atoms with van der Waals surface area (Å²) in [5.41, 5.74) is 6.62.